The SMILES string of the molecule is O[C@H](CCc1ccccn1)COc1ccc(Br)cc1. The van der Waals surface area contributed by atoms with Crippen LogP contribution in [0.25, 0.3) is 0 Å². The van der Waals surface area contributed by atoms with E-state index < -0.39 is 6.10 Å². The molecule has 0 aliphatic carbocycles. The Hall–Kier alpha value is -1.39. The van der Waals surface area contributed by atoms with E-state index >= 15 is 0 Å². The van der Waals surface area contributed by atoms with Gasteiger partial charge in [-0.05, 0) is 49.2 Å². The third kappa shape index (κ3) is 5.01. The van der Waals surface area contributed by atoms with Crippen LogP contribution in [0.4, 0.5) is 0 Å². The zero-order valence-electron chi connectivity index (χ0n) is 10.5. The van der Waals surface area contributed by atoms with Gasteiger partial charge in [-0.2, -0.15) is 0 Å². The van der Waals surface area contributed by atoms with Crippen LogP contribution in [0.3, 0.4) is 0 Å². The third-order valence-corrected chi connectivity index (χ3v) is 3.24. The molecule has 2 aromatic rings. The van der Waals surface area contributed by atoms with Gasteiger partial charge in [0.1, 0.15) is 12.4 Å². The Morgan fingerprint density at radius 2 is 1.95 bits per heavy atom. The fourth-order valence-electron chi connectivity index (χ4n) is 1.67. The number of aliphatic hydroxyl groups excluding tert-OH is 1. The van der Waals surface area contributed by atoms with Gasteiger partial charge in [0.25, 0.3) is 0 Å². The molecule has 1 atom stereocenters. The van der Waals surface area contributed by atoms with Crippen LogP contribution in [-0.4, -0.2) is 22.8 Å². The van der Waals surface area contributed by atoms with Crippen molar-refractivity contribution in [3.05, 3.63) is 58.8 Å². The summed E-state index contributed by atoms with van der Waals surface area (Å²) in [5.74, 6) is 0.764. The standard InChI is InChI=1S/C15H16BrNO2/c16-12-4-8-15(9-5-12)19-11-14(18)7-6-13-3-1-2-10-17-13/h1-5,8-10,14,18H,6-7,11H2/t14-/m1/s1. The molecule has 1 aromatic heterocycles. The minimum absolute atomic E-state index is 0.300. The average molecular weight is 322 g/mol. The monoisotopic (exact) mass is 321 g/mol. The molecule has 0 radical (unpaired) electrons. The summed E-state index contributed by atoms with van der Waals surface area (Å²) in [4.78, 5) is 4.22. The van der Waals surface area contributed by atoms with Crippen LogP contribution in [0.15, 0.2) is 53.1 Å². The van der Waals surface area contributed by atoms with Crippen LogP contribution in [0.1, 0.15) is 12.1 Å². The molecule has 0 fully saturated rings. The van der Waals surface area contributed by atoms with Crippen molar-refractivity contribution < 1.29 is 9.84 Å². The van der Waals surface area contributed by atoms with Gasteiger partial charge in [-0.3, -0.25) is 4.98 Å². The molecule has 0 amide bonds. The zero-order chi connectivity index (χ0) is 13.5. The van der Waals surface area contributed by atoms with Crippen LogP contribution in [0.5, 0.6) is 5.75 Å². The second-order valence-corrected chi connectivity index (χ2v) is 5.19. The highest BCUT2D eigenvalue weighted by atomic mass is 79.9. The molecule has 1 aromatic carbocycles. The number of pyridine rings is 1. The summed E-state index contributed by atoms with van der Waals surface area (Å²) in [5.41, 5.74) is 0.991. The fraction of sp³-hybridized carbons (Fsp3) is 0.267. The molecule has 0 saturated heterocycles. The van der Waals surface area contributed by atoms with E-state index in [0.717, 1.165) is 22.3 Å². The average Bonchev–Trinajstić information content (AvgIpc) is 2.45. The second-order valence-electron chi connectivity index (χ2n) is 4.28. The normalized spacial score (nSPS) is 12.1. The van der Waals surface area contributed by atoms with Crippen molar-refractivity contribution in [2.45, 2.75) is 18.9 Å². The Bertz CT molecular complexity index is 487. The fourth-order valence-corrected chi connectivity index (χ4v) is 1.93. The molecule has 1 heterocycles. The molecule has 0 saturated carbocycles. The summed E-state index contributed by atoms with van der Waals surface area (Å²) in [5, 5.41) is 9.86. The molecule has 0 bridgehead atoms. The lowest BCUT2D eigenvalue weighted by Gasteiger charge is -2.12. The van der Waals surface area contributed by atoms with E-state index in [4.69, 9.17) is 4.74 Å². The van der Waals surface area contributed by atoms with E-state index in [1.807, 2.05) is 42.5 Å². The number of hydrogen-bond acceptors (Lipinski definition) is 3. The van der Waals surface area contributed by atoms with Gasteiger partial charge in [0.2, 0.25) is 0 Å². The van der Waals surface area contributed by atoms with Gasteiger partial charge in [0.15, 0.2) is 0 Å². The van der Waals surface area contributed by atoms with Crippen molar-refractivity contribution in [1.82, 2.24) is 4.98 Å². The van der Waals surface area contributed by atoms with Crippen molar-refractivity contribution in [2.24, 2.45) is 0 Å². The minimum Gasteiger partial charge on any atom is -0.491 e. The lowest BCUT2D eigenvalue weighted by atomic mass is 10.1. The number of benzene rings is 1. The number of hydrogen-bond donors (Lipinski definition) is 1. The van der Waals surface area contributed by atoms with E-state index in [2.05, 4.69) is 20.9 Å². The maximum Gasteiger partial charge on any atom is 0.119 e. The van der Waals surface area contributed by atoms with Crippen molar-refractivity contribution in [3.8, 4) is 5.75 Å². The molecule has 0 unspecified atom stereocenters. The number of aromatic nitrogens is 1. The largest absolute Gasteiger partial charge is 0.491 e. The zero-order valence-corrected chi connectivity index (χ0v) is 12.1. The summed E-state index contributed by atoms with van der Waals surface area (Å²) in [6.07, 6.45) is 2.69. The highest BCUT2D eigenvalue weighted by molar-refractivity contribution is 9.10. The van der Waals surface area contributed by atoms with Crippen LogP contribution in [0, 0.1) is 0 Å². The molecule has 4 heteroatoms. The summed E-state index contributed by atoms with van der Waals surface area (Å²) in [7, 11) is 0. The Morgan fingerprint density at radius 3 is 2.63 bits per heavy atom. The van der Waals surface area contributed by atoms with E-state index in [1.165, 1.54) is 0 Å². The molecule has 19 heavy (non-hydrogen) atoms. The van der Waals surface area contributed by atoms with Gasteiger partial charge >= 0.3 is 0 Å². The van der Waals surface area contributed by atoms with Crippen LogP contribution in [0.2, 0.25) is 0 Å². The molecule has 2 rings (SSSR count). The Kier molecular flexibility index (Phi) is 5.36. The third-order valence-electron chi connectivity index (χ3n) is 2.72. The van der Waals surface area contributed by atoms with Gasteiger partial charge in [-0.1, -0.05) is 22.0 Å². The molecule has 100 valence electrons. The first-order chi connectivity index (χ1) is 9.24. The molecule has 0 spiro atoms. The summed E-state index contributed by atoms with van der Waals surface area (Å²) >= 11 is 3.36. The lowest BCUT2D eigenvalue weighted by molar-refractivity contribution is 0.100. The maximum absolute atomic E-state index is 9.86. The Labute approximate surface area is 121 Å². The highest BCUT2D eigenvalue weighted by Crippen LogP contribution is 2.16. The smallest absolute Gasteiger partial charge is 0.119 e. The number of rotatable bonds is 6. The molecular weight excluding hydrogens is 306 g/mol. The van der Waals surface area contributed by atoms with Crippen molar-refractivity contribution in [3.63, 3.8) is 0 Å². The van der Waals surface area contributed by atoms with E-state index in [0.29, 0.717) is 13.0 Å². The first-order valence-corrected chi connectivity index (χ1v) is 6.99. The Balaban J connectivity index is 1.72. The van der Waals surface area contributed by atoms with Crippen molar-refractivity contribution >= 4 is 15.9 Å². The van der Waals surface area contributed by atoms with Gasteiger partial charge in [0.05, 0.1) is 6.10 Å². The number of halogens is 1. The van der Waals surface area contributed by atoms with Crippen molar-refractivity contribution in [2.75, 3.05) is 6.61 Å². The first kappa shape index (κ1) is 14.0. The van der Waals surface area contributed by atoms with Crippen LogP contribution >= 0.6 is 15.9 Å². The summed E-state index contributed by atoms with van der Waals surface area (Å²) in [6.45, 7) is 0.300. The maximum atomic E-state index is 9.86. The van der Waals surface area contributed by atoms with E-state index in [9.17, 15) is 5.11 Å². The first-order valence-electron chi connectivity index (χ1n) is 6.20. The van der Waals surface area contributed by atoms with E-state index in [-0.39, 0.29) is 0 Å². The van der Waals surface area contributed by atoms with E-state index in [1.54, 1.807) is 6.20 Å². The molecule has 0 aliphatic heterocycles. The molecule has 3 nitrogen and oxygen atoms in total. The van der Waals surface area contributed by atoms with Gasteiger partial charge in [-0.25, -0.2) is 0 Å². The Morgan fingerprint density at radius 1 is 1.16 bits per heavy atom. The highest BCUT2D eigenvalue weighted by Gasteiger charge is 2.06. The van der Waals surface area contributed by atoms with Crippen LogP contribution < -0.4 is 4.74 Å². The van der Waals surface area contributed by atoms with Crippen molar-refractivity contribution in [1.29, 1.82) is 0 Å². The van der Waals surface area contributed by atoms with Gasteiger partial charge < -0.3 is 9.84 Å². The summed E-state index contributed by atoms with van der Waals surface area (Å²) < 4.78 is 6.53. The van der Waals surface area contributed by atoms with Gasteiger partial charge in [-0.15, -0.1) is 0 Å². The molecular formula is C15H16BrNO2. The molecule has 0 aliphatic rings. The van der Waals surface area contributed by atoms with Gasteiger partial charge in [0, 0.05) is 16.4 Å². The summed E-state index contributed by atoms with van der Waals surface area (Å²) in [6, 6.07) is 13.4. The lowest BCUT2D eigenvalue weighted by Crippen LogP contribution is -2.18. The second kappa shape index (κ2) is 7.26. The predicted octanol–water partition coefficient (Wildman–Crippen LogP) is 3.22. The topological polar surface area (TPSA) is 42.4 Å². The predicted molar refractivity (Wildman–Crippen MR) is 78.2 cm³/mol. The van der Waals surface area contributed by atoms with Crippen LogP contribution in [-0.2, 0) is 6.42 Å². The number of aryl methyl sites for hydroxylation is 1. The number of ether oxygens (including phenoxy) is 1. The number of nitrogens with zero attached hydrogens (tertiary/aromatic N) is 1. The minimum atomic E-state index is -0.481. The quantitative estimate of drug-likeness (QED) is 0.888. The number of aliphatic hydroxyl groups is 1. The molecule has 1 N–H and O–H groups in total.